The average molecular weight is 215 g/mol. The maximum atomic E-state index is 5.94. The van der Waals surface area contributed by atoms with Crippen molar-refractivity contribution >= 4 is 11.6 Å². The van der Waals surface area contributed by atoms with Crippen LogP contribution < -0.4 is 9.47 Å². The van der Waals surface area contributed by atoms with Gasteiger partial charge in [-0.15, -0.1) is 11.6 Å². The summed E-state index contributed by atoms with van der Waals surface area (Å²) in [6.45, 7) is 1.96. The molecule has 0 aliphatic heterocycles. The fourth-order valence-electron chi connectivity index (χ4n) is 1.34. The Hall–Kier alpha value is -0.890. The molecule has 78 valence electrons. The van der Waals surface area contributed by atoms with E-state index in [1.165, 1.54) is 0 Å². The molecule has 3 heteroatoms. The second-order valence-electron chi connectivity index (χ2n) is 3.16. The van der Waals surface area contributed by atoms with Crippen LogP contribution in [-0.4, -0.2) is 19.6 Å². The number of hydrogen-bond donors (Lipinski definition) is 0. The minimum atomic E-state index is 0.0935. The van der Waals surface area contributed by atoms with Crippen molar-refractivity contribution in [3.8, 4) is 11.5 Å². The molecular formula is C11H15ClO2. The quantitative estimate of drug-likeness (QED) is 0.718. The smallest absolute Gasteiger partial charge is 0.122 e. The van der Waals surface area contributed by atoms with E-state index in [1.54, 1.807) is 14.2 Å². The van der Waals surface area contributed by atoms with Gasteiger partial charge in [0.15, 0.2) is 0 Å². The van der Waals surface area contributed by atoms with E-state index in [-0.39, 0.29) is 5.38 Å². The van der Waals surface area contributed by atoms with Gasteiger partial charge in [0.1, 0.15) is 11.5 Å². The highest BCUT2D eigenvalue weighted by atomic mass is 35.5. The summed E-state index contributed by atoms with van der Waals surface area (Å²) in [7, 11) is 3.31. The Kier molecular flexibility index (Phi) is 4.08. The van der Waals surface area contributed by atoms with Gasteiger partial charge in [-0.25, -0.2) is 0 Å². The second kappa shape index (κ2) is 5.11. The largest absolute Gasteiger partial charge is 0.497 e. The highest BCUT2D eigenvalue weighted by molar-refractivity contribution is 6.20. The van der Waals surface area contributed by atoms with Crippen LogP contribution in [0.1, 0.15) is 12.5 Å². The molecule has 0 aliphatic carbocycles. The maximum absolute atomic E-state index is 5.94. The second-order valence-corrected chi connectivity index (χ2v) is 3.91. The molecule has 0 amide bonds. The standard InChI is InChI=1S/C11H15ClO2/c1-8(12)6-9-7-10(13-2)4-5-11(9)14-3/h4-5,7-8H,6H2,1-3H3. The Morgan fingerprint density at radius 3 is 2.50 bits per heavy atom. The van der Waals surface area contributed by atoms with Gasteiger partial charge in [0, 0.05) is 5.38 Å². The van der Waals surface area contributed by atoms with Crippen molar-refractivity contribution in [2.75, 3.05) is 14.2 Å². The first-order valence-electron chi connectivity index (χ1n) is 4.52. The monoisotopic (exact) mass is 214 g/mol. The molecule has 0 saturated heterocycles. The van der Waals surface area contributed by atoms with E-state index >= 15 is 0 Å². The van der Waals surface area contributed by atoms with Crippen LogP contribution >= 0.6 is 11.6 Å². The van der Waals surface area contributed by atoms with Gasteiger partial charge in [-0.1, -0.05) is 0 Å². The normalized spacial score (nSPS) is 12.3. The van der Waals surface area contributed by atoms with Crippen LogP contribution in [0.2, 0.25) is 0 Å². The molecule has 1 atom stereocenters. The number of benzene rings is 1. The van der Waals surface area contributed by atoms with Crippen molar-refractivity contribution in [1.82, 2.24) is 0 Å². The van der Waals surface area contributed by atoms with E-state index < -0.39 is 0 Å². The molecule has 0 heterocycles. The molecule has 1 rings (SSSR count). The maximum Gasteiger partial charge on any atom is 0.122 e. The summed E-state index contributed by atoms with van der Waals surface area (Å²) in [6, 6.07) is 5.73. The van der Waals surface area contributed by atoms with Gasteiger partial charge in [0.25, 0.3) is 0 Å². The summed E-state index contributed by atoms with van der Waals surface area (Å²) in [5.41, 5.74) is 1.08. The van der Waals surface area contributed by atoms with E-state index in [2.05, 4.69) is 0 Å². The minimum absolute atomic E-state index is 0.0935. The zero-order valence-corrected chi connectivity index (χ0v) is 9.47. The Labute approximate surface area is 89.8 Å². The van der Waals surface area contributed by atoms with Crippen molar-refractivity contribution in [2.24, 2.45) is 0 Å². The van der Waals surface area contributed by atoms with Crippen molar-refractivity contribution in [3.05, 3.63) is 23.8 Å². The molecule has 0 radical (unpaired) electrons. The molecule has 1 unspecified atom stereocenters. The molecule has 14 heavy (non-hydrogen) atoms. The van der Waals surface area contributed by atoms with E-state index in [4.69, 9.17) is 21.1 Å². The Balaban J connectivity index is 2.96. The van der Waals surface area contributed by atoms with Crippen molar-refractivity contribution < 1.29 is 9.47 Å². The first-order chi connectivity index (χ1) is 6.67. The highest BCUT2D eigenvalue weighted by Crippen LogP contribution is 2.25. The lowest BCUT2D eigenvalue weighted by atomic mass is 10.1. The third kappa shape index (κ3) is 2.81. The SMILES string of the molecule is COc1ccc(OC)c(CC(C)Cl)c1. The fourth-order valence-corrected chi connectivity index (χ4v) is 1.51. The Bertz CT molecular complexity index is 297. The molecule has 2 nitrogen and oxygen atoms in total. The van der Waals surface area contributed by atoms with Gasteiger partial charge in [-0.3, -0.25) is 0 Å². The lowest BCUT2D eigenvalue weighted by Gasteiger charge is -2.11. The molecule has 0 saturated carbocycles. The van der Waals surface area contributed by atoms with Gasteiger partial charge in [0.05, 0.1) is 14.2 Å². The predicted molar refractivity (Wildman–Crippen MR) is 58.6 cm³/mol. The third-order valence-electron chi connectivity index (χ3n) is 1.99. The van der Waals surface area contributed by atoms with E-state index in [0.29, 0.717) is 0 Å². The topological polar surface area (TPSA) is 18.5 Å². The molecule has 1 aromatic carbocycles. The first-order valence-corrected chi connectivity index (χ1v) is 4.96. The lowest BCUT2D eigenvalue weighted by molar-refractivity contribution is 0.398. The molecule has 0 N–H and O–H groups in total. The van der Waals surface area contributed by atoms with Gasteiger partial charge < -0.3 is 9.47 Å². The van der Waals surface area contributed by atoms with Gasteiger partial charge >= 0.3 is 0 Å². The van der Waals surface area contributed by atoms with Crippen molar-refractivity contribution in [1.29, 1.82) is 0 Å². The molecule has 0 aliphatic rings. The van der Waals surface area contributed by atoms with Gasteiger partial charge in [0.2, 0.25) is 0 Å². The minimum Gasteiger partial charge on any atom is -0.497 e. The van der Waals surface area contributed by atoms with Crippen LogP contribution in [0.5, 0.6) is 11.5 Å². The van der Waals surface area contributed by atoms with E-state index in [9.17, 15) is 0 Å². The van der Waals surface area contributed by atoms with Crippen molar-refractivity contribution in [2.45, 2.75) is 18.7 Å². The van der Waals surface area contributed by atoms with Crippen LogP contribution in [0.15, 0.2) is 18.2 Å². The fraction of sp³-hybridized carbons (Fsp3) is 0.455. The summed E-state index contributed by atoms with van der Waals surface area (Å²) < 4.78 is 10.4. The summed E-state index contributed by atoms with van der Waals surface area (Å²) in [5, 5.41) is 0.0935. The highest BCUT2D eigenvalue weighted by Gasteiger charge is 2.07. The Morgan fingerprint density at radius 1 is 1.29 bits per heavy atom. The average Bonchev–Trinajstić information content (AvgIpc) is 2.16. The molecule has 0 fully saturated rings. The van der Waals surface area contributed by atoms with E-state index in [0.717, 1.165) is 23.5 Å². The number of methoxy groups -OCH3 is 2. The molecule has 0 aromatic heterocycles. The van der Waals surface area contributed by atoms with Crippen LogP contribution in [0.3, 0.4) is 0 Å². The predicted octanol–water partition coefficient (Wildman–Crippen LogP) is 2.87. The van der Waals surface area contributed by atoms with Crippen LogP contribution in [0.4, 0.5) is 0 Å². The van der Waals surface area contributed by atoms with Crippen LogP contribution in [-0.2, 0) is 6.42 Å². The number of alkyl halides is 1. The summed E-state index contributed by atoms with van der Waals surface area (Å²) >= 11 is 5.94. The van der Waals surface area contributed by atoms with Crippen molar-refractivity contribution in [3.63, 3.8) is 0 Å². The van der Waals surface area contributed by atoms with Crippen LogP contribution in [0.25, 0.3) is 0 Å². The number of rotatable bonds is 4. The lowest BCUT2D eigenvalue weighted by Crippen LogP contribution is -2.00. The number of halogens is 1. The van der Waals surface area contributed by atoms with Gasteiger partial charge in [-0.05, 0) is 37.1 Å². The number of ether oxygens (including phenoxy) is 2. The third-order valence-corrected chi connectivity index (χ3v) is 2.14. The summed E-state index contributed by atoms with van der Waals surface area (Å²) in [4.78, 5) is 0. The zero-order valence-electron chi connectivity index (χ0n) is 8.71. The molecule has 0 bridgehead atoms. The first kappa shape index (κ1) is 11.2. The molecule has 0 spiro atoms. The van der Waals surface area contributed by atoms with E-state index in [1.807, 2.05) is 25.1 Å². The molecular weight excluding hydrogens is 200 g/mol. The molecule has 1 aromatic rings. The summed E-state index contributed by atoms with van der Waals surface area (Å²) in [5.74, 6) is 1.69. The Morgan fingerprint density at radius 2 is 2.00 bits per heavy atom. The summed E-state index contributed by atoms with van der Waals surface area (Å²) in [6.07, 6.45) is 0.780. The zero-order chi connectivity index (χ0) is 10.6. The number of hydrogen-bond acceptors (Lipinski definition) is 2. The van der Waals surface area contributed by atoms with Crippen LogP contribution in [0, 0.1) is 0 Å². The van der Waals surface area contributed by atoms with Gasteiger partial charge in [-0.2, -0.15) is 0 Å².